The Kier molecular flexibility index (Phi) is 11.6. The number of benzene rings is 1. The van der Waals surface area contributed by atoms with Crippen molar-refractivity contribution in [2.24, 2.45) is 5.92 Å². The zero-order valence-corrected chi connectivity index (χ0v) is 31.1. The summed E-state index contributed by atoms with van der Waals surface area (Å²) in [6, 6.07) is 2.24. The van der Waals surface area contributed by atoms with Crippen LogP contribution in [-0.2, 0) is 47.0 Å². The van der Waals surface area contributed by atoms with Crippen molar-refractivity contribution < 1.29 is 46.3 Å². The summed E-state index contributed by atoms with van der Waals surface area (Å²) in [5, 5.41) is 4.70. The molecule has 14 nitrogen and oxygen atoms in total. The quantitative estimate of drug-likeness (QED) is 0.189. The van der Waals surface area contributed by atoms with Crippen molar-refractivity contribution in [1.82, 2.24) is 25.2 Å². The maximum absolute atomic E-state index is 14.4. The van der Waals surface area contributed by atoms with Crippen LogP contribution in [0.5, 0.6) is 0 Å². The number of ether oxygens (including phenoxy) is 2. The zero-order valence-electron chi connectivity index (χ0n) is 30.2. The first kappa shape index (κ1) is 39.0. The monoisotopic (exact) mass is 747 g/mol. The lowest BCUT2D eigenvalue weighted by Gasteiger charge is -2.30. The van der Waals surface area contributed by atoms with Gasteiger partial charge in [0.1, 0.15) is 35.1 Å². The molecule has 5 rings (SSSR count). The van der Waals surface area contributed by atoms with Gasteiger partial charge < -0.3 is 25.0 Å². The van der Waals surface area contributed by atoms with E-state index >= 15 is 0 Å². The Morgan fingerprint density at radius 3 is 2.46 bits per heavy atom. The summed E-state index contributed by atoms with van der Waals surface area (Å²) in [6.07, 6.45) is 3.21. The molecule has 1 saturated heterocycles. The highest BCUT2D eigenvalue weighted by Gasteiger charge is 2.62. The number of hydrogen-bond acceptors (Lipinski definition) is 9. The fourth-order valence-corrected chi connectivity index (χ4v) is 8.17. The third-order valence-corrected chi connectivity index (χ3v) is 11.7. The number of sulfonamides is 1. The number of carbonyl (C=O) groups excluding carboxylic acids is 5. The van der Waals surface area contributed by atoms with E-state index in [0.29, 0.717) is 30.4 Å². The SMILES string of the molecule is C=CC1C[C@]1(NC(=O)[C@@H]1C[C@@H](OC(=O)N2Cc3cccc(F)c3C2)CN1C(=O)[C@H](CCCCCC)NC(=O)OC(C)(C)C)C(=O)NS(=O)(=O)C1CC1. The van der Waals surface area contributed by atoms with Gasteiger partial charge in [0.25, 0.3) is 5.91 Å². The molecule has 0 spiro atoms. The van der Waals surface area contributed by atoms with Crippen LogP contribution >= 0.6 is 0 Å². The van der Waals surface area contributed by atoms with Gasteiger partial charge in [0.2, 0.25) is 21.8 Å². The molecule has 16 heteroatoms. The number of unbranched alkanes of at least 4 members (excludes halogenated alkanes) is 3. The van der Waals surface area contributed by atoms with Crippen molar-refractivity contribution in [3.63, 3.8) is 0 Å². The molecule has 5 amide bonds. The molecule has 0 radical (unpaired) electrons. The summed E-state index contributed by atoms with van der Waals surface area (Å²) in [6.45, 7) is 10.7. The second-order valence-electron chi connectivity index (χ2n) is 15.2. The van der Waals surface area contributed by atoms with Gasteiger partial charge in [0.05, 0.1) is 18.3 Å². The smallest absolute Gasteiger partial charge is 0.410 e. The van der Waals surface area contributed by atoms with Gasteiger partial charge in [-0.2, -0.15) is 0 Å². The molecule has 2 heterocycles. The van der Waals surface area contributed by atoms with Gasteiger partial charge in [-0.05, 0) is 58.1 Å². The van der Waals surface area contributed by atoms with Gasteiger partial charge in [-0.3, -0.25) is 24.0 Å². The highest BCUT2D eigenvalue weighted by molar-refractivity contribution is 7.91. The molecule has 3 fully saturated rings. The summed E-state index contributed by atoms with van der Waals surface area (Å²) in [5.41, 5.74) is -1.43. The van der Waals surface area contributed by atoms with Crippen LogP contribution in [0.15, 0.2) is 30.9 Å². The van der Waals surface area contributed by atoms with Gasteiger partial charge in [0.15, 0.2) is 0 Å². The summed E-state index contributed by atoms with van der Waals surface area (Å²) >= 11 is 0. The summed E-state index contributed by atoms with van der Waals surface area (Å²) in [4.78, 5) is 70.6. The topological polar surface area (TPSA) is 181 Å². The number of fused-ring (bicyclic) bond motifs is 1. The van der Waals surface area contributed by atoms with Crippen molar-refractivity contribution in [2.45, 2.75) is 133 Å². The minimum Gasteiger partial charge on any atom is -0.444 e. The fourth-order valence-electron chi connectivity index (χ4n) is 6.80. The standard InChI is InChI=1S/C36H50FN5O9S/c1-6-8-9-10-14-28(38-33(46)51-35(3,4)5)31(44)42-20-24(50-34(47)41-19-22-12-11-13-27(37)26(22)21-41)17-29(42)30(43)39-36(18-23(36)7-2)32(45)40-52(48,49)25-15-16-25/h7,11-13,23-25,28-29H,2,6,8-10,14-21H2,1,3-5H3,(H,38,46)(H,39,43)(H,40,45)/t23?,24-,28+,29+,36-/m1/s1. The highest BCUT2D eigenvalue weighted by Crippen LogP contribution is 2.45. The van der Waals surface area contributed by atoms with Crippen LogP contribution in [0.3, 0.4) is 0 Å². The molecule has 52 heavy (non-hydrogen) atoms. The first-order valence-electron chi connectivity index (χ1n) is 18.0. The van der Waals surface area contributed by atoms with Crippen LogP contribution in [-0.4, -0.2) is 89.2 Å². The Morgan fingerprint density at radius 1 is 1.12 bits per heavy atom. The van der Waals surface area contributed by atoms with Crippen LogP contribution in [0, 0.1) is 11.7 Å². The summed E-state index contributed by atoms with van der Waals surface area (Å²) in [5.74, 6) is -3.26. The number of nitrogens with one attached hydrogen (secondary N) is 3. The number of likely N-dealkylation sites (tertiary alicyclic amines) is 1. The fraction of sp³-hybridized carbons (Fsp3) is 0.639. The van der Waals surface area contributed by atoms with Crippen molar-refractivity contribution in [2.75, 3.05) is 6.54 Å². The van der Waals surface area contributed by atoms with E-state index in [1.165, 1.54) is 21.9 Å². The van der Waals surface area contributed by atoms with E-state index in [9.17, 15) is 36.8 Å². The second kappa shape index (κ2) is 15.4. The summed E-state index contributed by atoms with van der Waals surface area (Å²) < 4.78 is 53.0. The average Bonchev–Trinajstić information content (AvgIpc) is 3.95. The third kappa shape index (κ3) is 9.04. The molecule has 1 aromatic carbocycles. The lowest BCUT2D eigenvalue weighted by Crippen LogP contribution is -2.58. The molecule has 2 aliphatic carbocycles. The van der Waals surface area contributed by atoms with Gasteiger partial charge >= 0.3 is 12.2 Å². The normalized spacial score (nSPS) is 24.4. The second-order valence-corrected chi connectivity index (χ2v) is 17.2. The predicted octanol–water partition coefficient (Wildman–Crippen LogP) is 3.78. The van der Waals surface area contributed by atoms with Crippen molar-refractivity contribution in [3.05, 3.63) is 47.8 Å². The van der Waals surface area contributed by atoms with Crippen LogP contribution in [0.1, 0.15) is 96.6 Å². The average molecular weight is 748 g/mol. The third-order valence-electron chi connectivity index (χ3n) is 9.88. The Morgan fingerprint density at radius 2 is 1.85 bits per heavy atom. The van der Waals surface area contributed by atoms with Gasteiger partial charge in [-0.1, -0.05) is 50.8 Å². The Bertz CT molecular complexity index is 1690. The summed E-state index contributed by atoms with van der Waals surface area (Å²) in [7, 11) is -3.93. The molecule has 4 aliphatic rings. The predicted molar refractivity (Wildman–Crippen MR) is 187 cm³/mol. The van der Waals surface area contributed by atoms with Crippen LogP contribution < -0.4 is 15.4 Å². The lowest BCUT2D eigenvalue weighted by atomic mass is 10.1. The van der Waals surface area contributed by atoms with Gasteiger partial charge in [0, 0.05) is 24.4 Å². The van der Waals surface area contributed by atoms with E-state index in [-0.39, 0.29) is 38.9 Å². The molecule has 0 aromatic heterocycles. The molecule has 2 aliphatic heterocycles. The highest BCUT2D eigenvalue weighted by atomic mass is 32.2. The van der Waals surface area contributed by atoms with Crippen LogP contribution in [0.4, 0.5) is 14.0 Å². The lowest BCUT2D eigenvalue weighted by molar-refractivity contribution is -0.141. The molecule has 286 valence electrons. The van der Waals surface area contributed by atoms with Crippen molar-refractivity contribution in [1.29, 1.82) is 0 Å². The first-order valence-corrected chi connectivity index (χ1v) is 19.5. The number of halogens is 1. The van der Waals surface area contributed by atoms with Gasteiger partial charge in [-0.15, -0.1) is 6.58 Å². The molecular weight excluding hydrogens is 697 g/mol. The molecule has 5 atom stereocenters. The van der Waals surface area contributed by atoms with E-state index in [2.05, 4.69) is 21.9 Å². The maximum Gasteiger partial charge on any atom is 0.410 e. The molecule has 2 saturated carbocycles. The number of carbonyl (C=O) groups is 5. The number of nitrogens with zero attached hydrogens (tertiary/aromatic N) is 2. The van der Waals surface area contributed by atoms with E-state index in [0.717, 1.165) is 19.3 Å². The minimum absolute atomic E-state index is 0.00982. The molecule has 3 N–H and O–H groups in total. The van der Waals surface area contributed by atoms with E-state index in [1.54, 1.807) is 32.9 Å². The van der Waals surface area contributed by atoms with E-state index in [1.807, 2.05) is 6.92 Å². The molecule has 0 bridgehead atoms. The van der Waals surface area contributed by atoms with Gasteiger partial charge in [-0.25, -0.2) is 22.4 Å². The number of alkyl carbamates (subject to hydrolysis) is 1. The zero-order chi connectivity index (χ0) is 38.0. The van der Waals surface area contributed by atoms with Crippen LogP contribution in [0.25, 0.3) is 0 Å². The minimum atomic E-state index is -3.93. The Balaban J connectivity index is 1.37. The molecule has 1 aromatic rings. The number of hydrogen-bond donors (Lipinski definition) is 3. The number of rotatable bonds is 14. The Hall–Kier alpha value is -4.21. The Labute approximate surface area is 304 Å². The van der Waals surface area contributed by atoms with E-state index < -0.39 is 86.2 Å². The largest absolute Gasteiger partial charge is 0.444 e. The number of amides is 5. The molecule has 1 unspecified atom stereocenters. The first-order chi connectivity index (χ1) is 24.5. The van der Waals surface area contributed by atoms with Crippen LogP contribution in [0.2, 0.25) is 0 Å². The maximum atomic E-state index is 14.4. The van der Waals surface area contributed by atoms with E-state index in [4.69, 9.17) is 9.47 Å². The van der Waals surface area contributed by atoms with Crippen molar-refractivity contribution in [3.8, 4) is 0 Å². The molecular formula is C36H50FN5O9S. The van der Waals surface area contributed by atoms with Crippen molar-refractivity contribution >= 4 is 39.9 Å².